The minimum absolute atomic E-state index is 0.103. The number of methoxy groups -OCH3 is 2. The molecule has 46 heavy (non-hydrogen) atoms. The SMILES string of the molecule is COC(=O)c1ccc(CN(C(=O)c2ccncc2)c2cccc(F)c2)nc1.COC(=O)c1ccc(CNc2cccc(F)c2)nc1. The van der Waals surface area contributed by atoms with E-state index in [1.54, 1.807) is 54.6 Å². The average Bonchev–Trinajstić information content (AvgIpc) is 3.10. The van der Waals surface area contributed by atoms with Crippen molar-refractivity contribution in [3.8, 4) is 0 Å². The largest absolute Gasteiger partial charge is 0.465 e. The zero-order chi connectivity index (χ0) is 32.9. The molecule has 5 aromatic rings. The molecule has 0 aliphatic heterocycles. The summed E-state index contributed by atoms with van der Waals surface area (Å²) in [5.74, 6) is -1.98. The number of benzene rings is 2. The van der Waals surface area contributed by atoms with Crippen LogP contribution in [0.1, 0.15) is 42.5 Å². The normalized spacial score (nSPS) is 10.2. The molecule has 3 aromatic heterocycles. The lowest BCUT2D eigenvalue weighted by Crippen LogP contribution is -2.31. The number of hydrogen-bond acceptors (Lipinski definition) is 9. The lowest BCUT2D eigenvalue weighted by atomic mass is 10.2. The number of aromatic nitrogens is 3. The predicted molar refractivity (Wildman–Crippen MR) is 166 cm³/mol. The molecule has 0 saturated heterocycles. The lowest BCUT2D eigenvalue weighted by molar-refractivity contribution is 0.0591. The maximum absolute atomic E-state index is 13.7. The van der Waals surface area contributed by atoms with E-state index in [1.807, 2.05) is 0 Å². The van der Waals surface area contributed by atoms with Crippen LogP contribution in [0, 0.1) is 11.6 Å². The number of halogens is 2. The Morgan fingerprint density at radius 1 is 0.717 bits per heavy atom. The third kappa shape index (κ3) is 9.23. The van der Waals surface area contributed by atoms with Gasteiger partial charge in [0.2, 0.25) is 0 Å². The van der Waals surface area contributed by atoms with Crippen molar-refractivity contribution in [2.24, 2.45) is 0 Å². The fourth-order valence-corrected chi connectivity index (χ4v) is 4.05. The summed E-state index contributed by atoms with van der Waals surface area (Å²) in [4.78, 5) is 49.4. The Labute approximate surface area is 263 Å². The maximum Gasteiger partial charge on any atom is 0.339 e. The molecule has 5 rings (SSSR count). The molecule has 2 aromatic carbocycles. The van der Waals surface area contributed by atoms with Crippen molar-refractivity contribution in [3.63, 3.8) is 0 Å². The zero-order valence-electron chi connectivity index (χ0n) is 24.9. The molecule has 10 nitrogen and oxygen atoms in total. The van der Waals surface area contributed by atoms with Gasteiger partial charge >= 0.3 is 11.9 Å². The quantitative estimate of drug-likeness (QED) is 0.200. The first-order valence-corrected chi connectivity index (χ1v) is 13.8. The molecule has 0 aliphatic rings. The highest BCUT2D eigenvalue weighted by molar-refractivity contribution is 6.05. The summed E-state index contributed by atoms with van der Waals surface area (Å²) in [5.41, 5.74) is 3.48. The van der Waals surface area contributed by atoms with Crippen molar-refractivity contribution in [1.82, 2.24) is 15.0 Å². The summed E-state index contributed by atoms with van der Waals surface area (Å²) in [7, 11) is 2.61. The zero-order valence-corrected chi connectivity index (χ0v) is 24.9. The summed E-state index contributed by atoms with van der Waals surface area (Å²) in [6.07, 6.45) is 5.86. The molecule has 0 atom stereocenters. The van der Waals surface area contributed by atoms with Gasteiger partial charge in [0.25, 0.3) is 5.91 Å². The summed E-state index contributed by atoms with van der Waals surface area (Å²) < 4.78 is 35.9. The van der Waals surface area contributed by atoms with Gasteiger partial charge in [0.1, 0.15) is 11.6 Å². The lowest BCUT2D eigenvalue weighted by Gasteiger charge is -2.23. The highest BCUT2D eigenvalue weighted by atomic mass is 19.1. The van der Waals surface area contributed by atoms with Gasteiger partial charge in [-0.1, -0.05) is 12.1 Å². The fraction of sp³-hybridized carbons (Fsp3) is 0.118. The first-order chi connectivity index (χ1) is 22.3. The molecule has 0 saturated carbocycles. The molecule has 0 fully saturated rings. The minimum Gasteiger partial charge on any atom is -0.465 e. The highest BCUT2D eigenvalue weighted by Crippen LogP contribution is 2.21. The molecule has 0 aliphatic carbocycles. The number of esters is 2. The molecule has 0 unspecified atom stereocenters. The van der Waals surface area contributed by atoms with E-state index in [9.17, 15) is 23.2 Å². The van der Waals surface area contributed by atoms with Crippen LogP contribution in [0.4, 0.5) is 20.2 Å². The first kappa shape index (κ1) is 32.9. The van der Waals surface area contributed by atoms with Crippen molar-refractivity contribution >= 4 is 29.2 Å². The standard InChI is InChI=1S/C20H16FN3O3.C14H13FN2O2/c1-27-20(26)15-5-6-17(23-12-15)13-24(18-4-2-3-16(21)11-18)19(25)14-7-9-22-10-8-14;1-19-14(18)10-5-6-13(16-8-10)9-17-12-4-2-3-11(15)7-12/h2-12H,13H2,1H3;2-8,17H,9H2,1H3. The van der Waals surface area contributed by atoms with E-state index < -0.39 is 17.8 Å². The van der Waals surface area contributed by atoms with Gasteiger partial charge in [-0.15, -0.1) is 0 Å². The Bertz CT molecular complexity index is 1770. The van der Waals surface area contributed by atoms with Crippen LogP contribution >= 0.6 is 0 Å². The van der Waals surface area contributed by atoms with Crippen LogP contribution in [0.5, 0.6) is 0 Å². The number of carbonyl (C=O) groups excluding carboxylic acids is 3. The van der Waals surface area contributed by atoms with Crippen LogP contribution in [-0.4, -0.2) is 47.0 Å². The minimum atomic E-state index is -0.496. The summed E-state index contributed by atoms with van der Waals surface area (Å²) in [6.45, 7) is 0.553. The Morgan fingerprint density at radius 3 is 1.85 bits per heavy atom. The molecule has 0 bridgehead atoms. The van der Waals surface area contributed by atoms with E-state index in [4.69, 9.17) is 0 Å². The molecule has 0 radical (unpaired) electrons. The van der Waals surface area contributed by atoms with Crippen molar-refractivity contribution in [3.05, 3.63) is 149 Å². The second kappa shape index (κ2) is 16.1. The number of anilines is 2. The average molecular weight is 626 g/mol. The smallest absolute Gasteiger partial charge is 0.339 e. The summed E-state index contributed by atoms with van der Waals surface area (Å²) >= 11 is 0. The van der Waals surface area contributed by atoms with Crippen LogP contribution in [0.25, 0.3) is 0 Å². The number of carbonyl (C=O) groups is 3. The number of ether oxygens (including phenoxy) is 2. The highest BCUT2D eigenvalue weighted by Gasteiger charge is 2.19. The Hall–Kier alpha value is -6.04. The third-order valence-corrected chi connectivity index (χ3v) is 6.40. The third-order valence-electron chi connectivity index (χ3n) is 6.40. The molecule has 234 valence electrons. The van der Waals surface area contributed by atoms with Gasteiger partial charge in [-0.05, 0) is 72.8 Å². The van der Waals surface area contributed by atoms with E-state index in [2.05, 4.69) is 29.7 Å². The Balaban J connectivity index is 0.000000222. The van der Waals surface area contributed by atoms with Crippen LogP contribution < -0.4 is 10.2 Å². The van der Waals surface area contributed by atoms with E-state index in [1.165, 1.54) is 74.2 Å². The molecule has 12 heteroatoms. The van der Waals surface area contributed by atoms with E-state index in [-0.39, 0.29) is 18.3 Å². The molecule has 1 amide bonds. The van der Waals surface area contributed by atoms with Crippen molar-refractivity contribution in [2.75, 3.05) is 24.4 Å². The Kier molecular flexibility index (Phi) is 11.5. The van der Waals surface area contributed by atoms with Gasteiger partial charge in [-0.25, -0.2) is 18.4 Å². The second-order valence-electron chi connectivity index (χ2n) is 9.53. The maximum atomic E-state index is 13.7. The van der Waals surface area contributed by atoms with Gasteiger partial charge < -0.3 is 19.7 Å². The van der Waals surface area contributed by atoms with Gasteiger partial charge in [0, 0.05) is 41.7 Å². The van der Waals surface area contributed by atoms with E-state index >= 15 is 0 Å². The Morgan fingerprint density at radius 2 is 1.30 bits per heavy atom. The number of nitrogens with zero attached hydrogens (tertiary/aromatic N) is 4. The molecular weight excluding hydrogens is 596 g/mol. The van der Waals surface area contributed by atoms with Crippen LogP contribution in [0.15, 0.2) is 110 Å². The molecule has 3 heterocycles. The van der Waals surface area contributed by atoms with E-state index in [0.717, 1.165) is 5.69 Å². The van der Waals surface area contributed by atoms with Crippen LogP contribution in [0.2, 0.25) is 0 Å². The second-order valence-corrected chi connectivity index (χ2v) is 9.53. The van der Waals surface area contributed by atoms with E-state index in [0.29, 0.717) is 40.3 Å². The molecular formula is C34H29F2N5O5. The number of rotatable bonds is 9. The molecule has 1 N–H and O–H groups in total. The topological polar surface area (TPSA) is 124 Å². The van der Waals surface area contributed by atoms with Crippen LogP contribution in [0.3, 0.4) is 0 Å². The van der Waals surface area contributed by atoms with Crippen molar-refractivity contribution in [2.45, 2.75) is 13.1 Å². The number of amides is 1. The first-order valence-electron chi connectivity index (χ1n) is 13.8. The van der Waals surface area contributed by atoms with Crippen molar-refractivity contribution in [1.29, 1.82) is 0 Å². The summed E-state index contributed by atoms with van der Waals surface area (Å²) in [6, 6.07) is 21.7. The van der Waals surface area contributed by atoms with Crippen molar-refractivity contribution < 1.29 is 32.6 Å². The van der Waals surface area contributed by atoms with Crippen LogP contribution in [-0.2, 0) is 22.6 Å². The molecule has 0 spiro atoms. The number of pyridine rings is 3. The van der Waals surface area contributed by atoms with Gasteiger partial charge in [-0.2, -0.15) is 0 Å². The monoisotopic (exact) mass is 625 g/mol. The fourth-order valence-electron chi connectivity index (χ4n) is 4.05. The van der Waals surface area contributed by atoms with Gasteiger partial charge in [0.15, 0.2) is 0 Å². The number of hydrogen-bond donors (Lipinski definition) is 1. The summed E-state index contributed by atoms with van der Waals surface area (Å²) in [5, 5.41) is 3.05. The predicted octanol–water partition coefficient (Wildman–Crippen LogP) is 5.87. The van der Waals surface area contributed by atoms with Gasteiger partial charge in [0.05, 0.1) is 49.8 Å². The number of nitrogens with one attached hydrogen (secondary N) is 1. The van der Waals surface area contributed by atoms with Gasteiger partial charge in [-0.3, -0.25) is 19.7 Å².